The van der Waals surface area contributed by atoms with E-state index in [0.29, 0.717) is 13.0 Å². The molecule has 1 aliphatic rings. The minimum Gasteiger partial charge on any atom is -0.444 e. The first-order valence-corrected chi connectivity index (χ1v) is 8.29. The van der Waals surface area contributed by atoms with Gasteiger partial charge in [-0.3, -0.25) is 0 Å². The van der Waals surface area contributed by atoms with E-state index in [1.165, 1.54) is 17.0 Å². The summed E-state index contributed by atoms with van der Waals surface area (Å²) in [5, 5.41) is 10.9. The number of likely N-dealkylation sites (tertiary alicyclic amines) is 1. The van der Waals surface area contributed by atoms with Gasteiger partial charge < -0.3 is 14.7 Å². The summed E-state index contributed by atoms with van der Waals surface area (Å²) in [4.78, 5) is 13.7. The molecule has 1 aliphatic heterocycles. The lowest BCUT2D eigenvalue weighted by atomic mass is 9.86. The Balaban J connectivity index is 2.15. The Morgan fingerprint density at radius 2 is 1.88 bits per heavy atom. The summed E-state index contributed by atoms with van der Waals surface area (Å²) in [5.41, 5.74) is -2.57. The van der Waals surface area contributed by atoms with Gasteiger partial charge in [-0.25, -0.2) is 4.79 Å². The monoisotopic (exact) mass is 359 g/mol. The van der Waals surface area contributed by atoms with Gasteiger partial charge in [0.15, 0.2) is 0 Å². The first-order valence-electron chi connectivity index (χ1n) is 8.29. The summed E-state index contributed by atoms with van der Waals surface area (Å²) >= 11 is 0. The van der Waals surface area contributed by atoms with Gasteiger partial charge in [0.2, 0.25) is 0 Å². The van der Waals surface area contributed by atoms with Gasteiger partial charge in [-0.15, -0.1) is 0 Å². The van der Waals surface area contributed by atoms with Crippen molar-refractivity contribution in [1.82, 2.24) is 4.90 Å². The highest BCUT2D eigenvalue weighted by Crippen LogP contribution is 2.36. The minimum absolute atomic E-state index is 0.160. The molecule has 1 N–H and O–H groups in total. The molecule has 0 bridgehead atoms. The van der Waals surface area contributed by atoms with Gasteiger partial charge in [-0.1, -0.05) is 12.1 Å². The molecular formula is C18H24F3NO3. The molecule has 1 saturated heterocycles. The van der Waals surface area contributed by atoms with Gasteiger partial charge in [0.05, 0.1) is 11.2 Å². The number of alkyl halides is 3. The van der Waals surface area contributed by atoms with Crippen molar-refractivity contribution >= 4 is 6.09 Å². The number of ether oxygens (including phenoxy) is 1. The van der Waals surface area contributed by atoms with E-state index in [0.717, 1.165) is 12.1 Å². The van der Waals surface area contributed by atoms with E-state index in [4.69, 9.17) is 4.74 Å². The van der Waals surface area contributed by atoms with E-state index in [1.807, 2.05) is 0 Å². The fraction of sp³-hybridized carbons (Fsp3) is 0.611. The Bertz CT molecular complexity index is 625. The summed E-state index contributed by atoms with van der Waals surface area (Å²) in [6.45, 7) is 5.92. The Morgan fingerprint density at radius 1 is 1.20 bits per heavy atom. The zero-order valence-electron chi connectivity index (χ0n) is 14.7. The van der Waals surface area contributed by atoms with Crippen LogP contribution >= 0.6 is 0 Å². The molecular weight excluding hydrogens is 335 g/mol. The number of nitrogens with zero attached hydrogens (tertiary/aromatic N) is 1. The number of hydrogen-bond acceptors (Lipinski definition) is 3. The molecule has 0 aromatic heterocycles. The number of amides is 1. The van der Waals surface area contributed by atoms with Crippen LogP contribution in [0.15, 0.2) is 24.3 Å². The topological polar surface area (TPSA) is 49.8 Å². The Morgan fingerprint density at radius 3 is 2.48 bits per heavy atom. The summed E-state index contributed by atoms with van der Waals surface area (Å²) in [5.74, 6) is 0. The first-order chi connectivity index (χ1) is 11.4. The third-order valence-corrected chi connectivity index (χ3v) is 4.19. The summed E-state index contributed by atoms with van der Waals surface area (Å²) < 4.78 is 44.1. The molecule has 140 valence electrons. The second kappa shape index (κ2) is 6.86. The minimum atomic E-state index is -4.46. The van der Waals surface area contributed by atoms with Crippen molar-refractivity contribution in [2.24, 2.45) is 0 Å². The maximum Gasteiger partial charge on any atom is 0.416 e. The number of halogens is 3. The summed E-state index contributed by atoms with van der Waals surface area (Å²) in [7, 11) is 0. The molecule has 1 amide bonds. The number of hydrogen-bond donors (Lipinski definition) is 1. The Labute approximate surface area is 145 Å². The molecule has 4 nitrogen and oxygen atoms in total. The molecule has 7 heteroatoms. The predicted molar refractivity (Wildman–Crippen MR) is 87.0 cm³/mol. The van der Waals surface area contributed by atoms with Crippen LogP contribution in [0.4, 0.5) is 18.0 Å². The van der Waals surface area contributed by atoms with E-state index in [1.54, 1.807) is 20.8 Å². The van der Waals surface area contributed by atoms with Crippen LogP contribution in [0, 0.1) is 0 Å². The maximum atomic E-state index is 12.9. The van der Waals surface area contributed by atoms with Crippen molar-refractivity contribution in [3.63, 3.8) is 0 Å². The lowest BCUT2D eigenvalue weighted by molar-refractivity contribution is -0.137. The van der Waals surface area contributed by atoms with Gasteiger partial charge in [-0.05, 0) is 57.7 Å². The van der Waals surface area contributed by atoms with Gasteiger partial charge in [0.1, 0.15) is 5.60 Å². The number of carbonyl (C=O) groups excluding carboxylic acids is 1. The van der Waals surface area contributed by atoms with Crippen LogP contribution in [0.25, 0.3) is 0 Å². The average molecular weight is 359 g/mol. The Kier molecular flexibility index (Phi) is 5.37. The van der Waals surface area contributed by atoms with Crippen LogP contribution in [0.5, 0.6) is 0 Å². The zero-order valence-corrected chi connectivity index (χ0v) is 14.7. The van der Waals surface area contributed by atoms with Crippen molar-refractivity contribution < 1.29 is 27.8 Å². The molecule has 1 aromatic carbocycles. The molecule has 1 unspecified atom stereocenters. The molecule has 1 atom stereocenters. The highest BCUT2D eigenvalue weighted by Gasteiger charge is 2.37. The standard InChI is InChI=1S/C18H24F3NO3/c1-16(2,3)25-15(23)22-10-5-8-17(24,9-11-22)13-6-4-7-14(12-13)18(19,20)21/h4,6-7,12,24H,5,8-11H2,1-3H3. The van der Waals surface area contributed by atoms with Gasteiger partial charge >= 0.3 is 12.3 Å². The van der Waals surface area contributed by atoms with Gasteiger partial charge in [0.25, 0.3) is 0 Å². The van der Waals surface area contributed by atoms with Crippen molar-refractivity contribution in [3.05, 3.63) is 35.4 Å². The fourth-order valence-electron chi connectivity index (χ4n) is 2.90. The SMILES string of the molecule is CC(C)(C)OC(=O)N1CCCC(O)(c2cccc(C(F)(F)F)c2)CC1. The number of rotatable bonds is 1. The lowest BCUT2D eigenvalue weighted by Crippen LogP contribution is -2.38. The number of carbonyl (C=O) groups is 1. The fourth-order valence-corrected chi connectivity index (χ4v) is 2.90. The van der Waals surface area contributed by atoms with E-state index in [-0.39, 0.29) is 24.9 Å². The molecule has 25 heavy (non-hydrogen) atoms. The van der Waals surface area contributed by atoms with Gasteiger partial charge in [-0.2, -0.15) is 13.2 Å². The quantitative estimate of drug-likeness (QED) is 0.813. The Hall–Kier alpha value is -1.76. The van der Waals surface area contributed by atoms with Crippen molar-refractivity contribution in [3.8, 4) is 0 Å². The van der Waals surface area contributed by atoms with Crippen LogP contribution in [-0.2, 0) is 16.5 Å². The molecule has 0 saturated carbocycles. The van der Waals surface area contributed by atoms with Crippen molar-refractivity contribution in [1.29, 1.82) is 0 Å². The van der Waals surface area contributed by atoms with Crippen LogP contribution < -0.4 is 0 Å². The lowest BCUT2D eigenvalue weighted by Gasteiger charge is -2.29. The summed E-state index contributed by atoms with van der Waals surface area (Å²) in [6.07, 6.45) is -4.01. The molecule has 2 rings (SSSR count). The van der Waals surface area contributed by atoms with Crippen LogP contribution in [0.1, 0.15) is 51.2 Å². The third kappa shape index (κ3) is 5.11. The normalized spacial score (nSPS) is 22.4. The van der Waals surface area contributed by atoms with Gasteiger partial charge in [0, 0.05) is 13.1 Å². The number of benzene rings is 1. The predicted octanol–water partition coefficient (Wildman–Crippen LogP) is 4.31. The molecule has 1 heterocycles. The third-order valence-electron chi connectivity index (χ3n) is 4.19. The smallest absolute Gasteiger partial charge is 0.416 e. The van der Waals surface area contributed by atoms with Crippen LogP contribution in [0.3, 0.4) is 0 Å². The average Bonchev–Trinajstić information content (AvgIpc) is 2.68. The molecule has 1 aromatic rings. The summed E-state index contributed by atoms with van der Waals surface area (Å²) in [6, 6.07) is 4.77. The zero-order chi connectivity index (χ0) is 18.9. The molecule has 0 radical (unpaired) electrons. The van der Waals surface area contributed by atoms with Crippen LogP contribution in [0.2, 0.25) is 0 Å². The van der Waals surface area contributed by atoms with E-state index in [2.05, 4.69) is 0 Å². The second-order valence-corrected chi connectivity index (χ2v) is 7.43. The molecule has 0 spiro atoms. The van der Waals surface area contributed by atoms with E-state index < -0.39 is 29.0 Å². The number of aliphatic hydroxyl groups is 1. The molecule has 1 fully saturated rings. The highest BCUT2D eigenvalue weighted by atomic mass is 19.4. The highest BCUT2D eigenvalue weighted by molar-refractivity contribution is 5.68. The first kappa shape index (κ1) is 19.6. The maximum absolute atomic E-state index is 12.9. The van der Waals surface area contributed by atoms with Crippen LogP contribution in [-0.4, -0.2) is 34.8 Å². The molecule has 0 aliphatic carbocycles. The van der Waals surface area contributed by atoms with E-state index >= 15 is 0 Å². The second-order valence-electron chi connectivity index (χ2n) is 7.43. The van der Waals surface area contributed by atoms with E-state index in [9.17, 15) is 23.1 Å². The van der Waals surface area contributed by atoms with Crippen molar-refractivity contribution in [2.75, 3.05) is 13.1 Å². The van der Waals surface area contributed by atoms with Crippen molar-refractivity contribution in [2.45, 2.75) is 57.4 Å². The largest absolute Gasteiger partial charge is 0.444 e.